The van der Waals surface area contributed by atoms with Gasteiger partial charge < -0.3 is 15.4 Å². The van der Waals surface area contributed by atoms with E-state index >= 15 is 0 Å². The Hall–Kier alpha value is -1.07. The van der Waals surface area contributed by atoms with E-state index in [9.17, 15) is 4.79 Å². The van der Waals surface area contributed by atoms with Crippen LogP contribution in [0.2, 0.25) is 0 Å². The van der Waals surface area contributed by atoms with Crippen molar-refractivity contribution in [2.24, 2.45) is 5.92 Å². The van der Waals surface area contributed by atoms with Crippen molar-refractivity contribution in [3.8, 4) is 5.75 Å². The molecule has 3 heterocycles. The highest BCUT2D eigenvalue weighted by Gasteiger charge is 2.42. The number of halogens is 1. The van der Waals surface area contributed by atoms with Gasteiger partial charge >= 0.3 is 0 Å². The van der Waals surface area contributed by atoms with Crippen LogP contribution in [0.3, 0.4) is 0 Å². The molecule has 0 spiro atoms. The summed E-state index contributed by atoms with van der Waals surface area (Å²) in [6.45, 7) is 1.29. The van der Waals surface area contributed by atoms with E-state index in [0.29, 0.717) is 18.6 Å². The Kier molecular flexibility index (Phi) is 3.42. The molecule has 2 saturated heterocycles. The average molecular weight is 351 g/mol. The summed E-state index contributed by atoms with van der Waals surface area (Å²) < 4.78 is 6.76. The summed E-state index contributed by atoms with van der Waals surface area (Å²) in [6.07, 6.45) is 4.30. The molecule has 5 heteroatoms. The lowest BCUT2D eigenvalue weighted by Gasteiger charge is -2.19. The molecule has 1 amide bonds. The predicted octanol–water partition coefficient (Wildman–Crippen LogP) is 2.14. The average Bonchev–Trinajstić information content (AvgIpc) is 3.19. The van der Waals surface area contributed by atoms with Crippen LogP contribution >= 0.6 is 15.9 Å². The van der Waals surface area contributed by atoms with E-state index in [1.165, 1.54) is 12.0 Å². The van der Waals surface area contributed by atoms with Crippen LogP contribution in [0, 0.1) is 5.92 Å². The summed E-state index contributed by atoms with van der Waals surface area (Å²) in [5.41, 5.74) is 2.30. The van der Waals surface area contributed by atoms with E-state index in [1.807, 2.05) is 6.07 Å². The molecule has 0 radical (unpaired) electrons. The molecule has 3 aliphatic rings. The van der Waals surface area contributed by atoms with Gasteiger partial charge in [-0.3, -0.25) is 4.79 Å². The van der Waals surface area contributed by atoms with Crippen molar-refractivity contribution in [1.82, 2.24) is 10.6 Å². The molecule has 3 atom stereocenters. The summed E-state index contributed by atoms with van der Waals surface area (Å²) in [6, 6.07) is 5.10. The molecule has 112 valence electrons. The highest BCUT2D eigenvalue weighted by molar-refractivity contribution is 9.10. The topological polar surface area (TPSA) is 50.4 Å². The summed E-state index contributed by atoms with van der Waals surface area (Å²) >= 11 is 3.54. The lowest BCUT2D eigenvalue weighted by atomic mass is 9.88. The molecule has 0 aliphatic carbocycles. The van der Waals surface area contributed by atoms with Gasteiger partial charge in [0.1, 0.15) is 5.75 Å². The van der Waals surface area contributed by atoms with Crippen molar-refractivity contribution in [3.63, 3.8) is 0 Å². The van der Waals surface area contributed by atoms with Crippen LogP contribution in [-0.4, -0.2) is 24.6 Å². The Morgan fingerprint density at radius 2 is 2.33 bits per heavy atom. The summed E-state index contributed by atoms with van der Waals surface area (Å²) in [4.78, 5) is 12.4. The van der Waals surface area contributed by atoms with Crippen LogP contribution in [0.5, 0.6) is 5.75 Å². The molecular formula is C16H19BrN2O2. The first-order valence-electron chi connectivity index (χ1n) is 7.68. The van der Waals surface area contributed by atoms with E-state index < -0.39 is 0 Å². The van der Waals surface area contributed by atoms with Crippen molar-refractivity contribution >= 4 is 21.8 Å². The Balaban J connectivity index is 1.44. The maximum absolute atomic E-state index is 12.4. The van der Waals surface area contributed by atoms with Crippen LogP contribution in [0.1, 0.15) is 30.4 Å². The van der Waals surface area contributed by atoms with Gasteiger partial charge in [0, 0.05) is 35.1 Å². The molecule has 1 aromatic rings. The fraction of sp³-hybridized carbons (Fsp3) is 0.562. The number of fused-ring (bicyclic) bond motifs is 3. The predicted molar refractivity (Wildman–Crippen MR) is 83.2 cm³/mol. The Morgan fingerprint density at radius 3 is 3.10 bits per heavy atom. The third-order valence-electron chi connectivity index (χ3n) is 4.92. The zero-order chi connectivity index (χ0) is 14.4. The normalized spacial score (nSPS) is 29.3. The Bertz CT molecular complexity index is 590. The molecule has 2 bridgehead atoms. The number of hydrogen-bond donors (Lipinski definition) is 2. The molecule has 2 N–H and O–H groups in total. The standard InChI is InChI=1S/C16H19BrN2O2/c17-11-5-9-3-4-21-15(9)10(6-11)8-18-16(20)13-7-12-1-2-14(13)19-12/h5-6,12-14,19H,1-4,7-8H2,(H,18,20). The maximum Gasteiger partial charge on any atom is 0.225 e. The quantitative estimate of drug-likeness (QED) is 0.877. The number of benzene rings is 1. The second kappa shape index (κ2) is 5.29. The van der Waals surface area contributed by atoms with Gasteiger partial charge in [-0.25, -0.2) is 0 Å². The zero-order valence-corrected chi connectivity index (χ0v) is 13.4. The van der Waals surface area contributed by atoms with Gasteiger partial charge in [0.05, 0.1) is 12.5 Å². The molecule has 0 aromatic heterocycles. The molecule has 21 heavy (non-hydrogen) atoms. The minimum atomic E-state index is 0.143. The first kappa shape index (κ1) is 13.6. The number of nitrogens with one attached hydrogen (secondary N) is 2. The van der Waals surface area contributed by atoms with Crippen molar-refractivity contribution in [1.29, 1.82) is 0 Å². The van der Waals surface area contributed by atoms with Gasteiger partial charge in [-0.2, -0.15) is 0 Å². The monoisotopic (exact) mass is 350 g/mol. The number of ether oxygens (including phenoxy) is 1. The van der Waals surface area contributed by atoms with Gasteiger partial charge in [0.15, 0.2) is 0 Å². The van der Waals surface area contributed by atoms with Crippen LogP contribution in [0.4, 0.5) is 0 Å². The molecule has 4 rings (SSSR count). The molecular weight excluding hydrogens is 332 g/mol. The summed E-state index contributed by atoms with van der Waals surface area (Å²) in [5, 5.41) is 6.62. The second-order valence-electron chi connectivity index (χ2n) is 6.26. The smallest absolute Gasteiger partial charge is 0.225 e. The highest BCUT2D eigenvalue weighted by Crippen LogP contribution is 2.35. The van der Waals surface area contributed by atoms with E-state index in [1.54, 1.807) is 0 Å². The van der Waals surface area contributed by atoms with Crippen LogP contribution in [0.25, 0.3) is 0 Å². The minimum Gasteiger partial charge on any atom is -0.493 e. The second-order valence-corrected chi connectivity index (χ2v) is 7.17. The molecule has 0 saturated carbocycles. The molecule has 3 aliphatic heterocycles. The number of carbonyl (C=O) groups is 1. The van der Waals surface area contributed by atoms with Crippen LogP contribution in [-0.2, 0) is 17.8 Å². The van der Waals surface area contributed by atoms with Crippen molar-refractivity contribution < 1.29 is 9.53 Å². The highest BCUT2D eigenvalue weighted by atomic mass is 79.9. The van der Waals surface area contributed by atoms with Crippen molar-refractivity contribution in [2.45, 2.75) is 44.3 Å². The Morgan fingerprint density at radius 1 is 1.43 bits per heavy atom. The number of carbonyl (C=O) groups excluding carboxylic acids is 1. The van der Waals surface area contributed by atoms with Gasteiger partial charge in [-0.1, -0.05) is 15.9 Å². The Labute approximate surface area is 132 Å². The van der Waals surface area contributed by atoms with Crippen LogP contribution in [0.15, 0.2) is 16.6 Å². The molecule has 1 aromatic carbocycles. The van der Waals surface area contributed by atoms with Gasteiger partial charge in [-0.15, -0.1) is 0 Å². The molecule has 4 nitrogen and oxygen atoms in total. The fourth-order valence-corrected chi connectivity index (χ4v) is 4.46. The van der Waals surface area contributed by atoms with Crippen molar-refractivity contribution in [3.05, 3.63) is 27.7 Å². The largest absolute Gasteiger partial charge is 0.493 e. The lowest BCUT2D eigenvalue weighted by molar-refractivity contribution is -0.125. The summed E-state index contributed by atoms with van der Waals surface area (Å²) in [7, 11) is 0. The van der Waals surface area contributed by atoms with Crippen LogP contribution < -0.4 is 15.4 Å². The third kappa shape index (κ3) is 2.46. The van der Waals surface area contributed by atoms with E-state index in [2.05, 4.69) is 32.6 Å². The number of amides is 1. The third-order valence-corrected chi connectivity index (χ3v) is 5.37. The van der Waals surface area contributed by atoms with E-state index in [-0.39, 0.29) is 11.8 Å². The fourth-order valence-electron chi connectivity index (χ4n) is 3.90. The zero-order valence-electron chi connectivity index (χ0n) is 11.8. The summed E-state index contributed by atoms with van der Waals surface area (Å²) in [5.74, 6) is 1.29. The molecule has 3 unspecified atom stereocenters. The maximum atomic E-state index is 12.4. The number of hydrogen-bond acceptors (Lipinski definition) is 3. The van der Waals surface area contributed by atoms with E-state index in [0.717, 1.165) is 41.7 Å². The van der Waals surface area contributed by atoms with Crippen molar-refractivity contribution in [2.75, 3.05) is 6.61 Å². The first-order chi connectivity index (χ1) is 10.2. The number of rotatable bonds is 3. The van der Waals surface area contributed by atoms with E-state index in [4.69, 9.17) is 4.74 Å². The minimum absolute atomic E-state index is 0.143. The van der Waals surface area contributed by atoms with Gasteiger partial charge in [0.25, 0.3) is 0 Å². The SMILES string of the molecule is O=C(NCc1cc(Br)cc2c1OCC2)C1CC2CCC1N2. The van der Waals surface area contributed by atoms with Gasteiger partial charge in [-0.05, 0) is 37.0 Å². The molecule has 2 fully saturated rings. The lowest BCUT2D eigenvalue weighted by Crippen LogP contribution is -2.37. The first-order valence-corrected chi connectivity index (χ1v) is 8.48. The van der Waals surface area contributed by atoms with Gasteiger partial charge in [0.2, 0.25) is 5.91 Å².